The molecule has 0 fully saturated rings. The third-order valence-corrected chi connectivity index (χ3v) is 13.0. The zero-order valence-corrected chi connectivity index (χ0v) is 47.9. The summed E-state index contributed by atoms with van der Waals surface area (Å²) < 4.78 is 16.8. The number of esters is 3. The molecule has 0 aromatic heterocycles. The van der Waals surface area contributed by atoms with Crippen molar-refractivity contribution in [2.45, 2.75) is 297 Å². The van der Waals surface area contributed by atoms with Crippen molar-refractivity contribution in [3.05, 3.63) is 97.2 Å². The summed E-state index contributed by atoms with van der Waals surface area (Å²) in [6.45, 7) is 6.53. The zero-order chi connectivity index (χ0) is 52.9. The van der Waals surface area contributed by atoms with Gasteiger partial charge in [0.2, 0.25) is 0 Å². The van der Waals surface area contributed by atoms with Gasteiger partial charge in [-0.05, 0) is 116 Å². The lowest BCUT2D eigenvalue weighted by Crippen LogP contribution is -2.30. The molecule has 0 aromatic carbocycles. The number of rotatable bonds is 55. The van der Waals surface area contributed by atoms with E-state index in [9.17, 15) is 14.4 Å². The minimum Gasteiger partial charge on any atom is -0.462 e. The number of carbonyl (C=O) groups is 3. The van der Waals surface area contributed by atoms with Gasteiger partial charge in [0.15, 0.2) is 6.10 Å². The summed E-state index contributed by atoms with van der Waals surface area (Å²) in [6.07, 6.45) is 81.3. The summed E-state index contributed by atoms with van der Waals surface area (Å²) in [6, 6.07) is 0. The number of unbranched alkanes of at least 4 members (excludes halogenated alkanes) is 28. The third kappa shape index (κ3) is 59.1. The highest BCUT2D eigenvalue weighted by atomic mass is 16.6. The van der Waals surface area contributed by atoms with Gasteiger partial charge in [-0.25, -0.2) is 0 Å². The smallest absolute Gasteiger partial charge is 0.306 e. The predicted molar refractivity (Wildman–Crippen MR) is 316 cm³/mol. The minimum absolute atomic E-state index is 0.121. The number of hydrogen-bond acceptors (Lipinski definition) is 6. The van der Waals surface area contributed by atoms with Gasteiger partial charge in [-0.1, -0.05) is 253 Å². The Labute approximate surface area is 451 Å². The van der Waals surface area contributed by atoms with Crippen molar-refractivity contribution in [3.8, 4) is 0 Å². The molecule has 0 saturated carbocycles. The molecule has 0 unspecified atom stereocenters. The topological polar surface area (TPSA) is 78.9 Å². The fraction of sp³-hybridized carbons (Fsp3) is 0.716. The van der Waals surface area contributed by atoms with Crippen molar-refractivity contribution < 1.29 is 28.6 Å². The van der Waals surface area contributed by atoms with Crippen molar-refractivity contribution in [1.82, 2.24) is 0 Å². The van der Waals surface area contributed by atoms with Gasteiger partial charge in [0.05, 0.1) is 0 Å². The Balaban J connectivity index is 4.51. The second kappa shape index (κ2) is 60.9. The Kier molecular flexibility index (Phi) is 57.8. The van der Waals surface area contributed by atoms with Crippen LogP contribution in [0.1, 0.15) is 290 Å². The van der Waals surface area contributed by atoms with Crippen LogP contribution in [0, 0.1) is 0 Å². The van der Waals surface area contributed by atoms with Gasteiger partial charge < -0.3 is 14.2 Å². The SMILES string of the molecule is CCCCC/C=C\C/C=C\C/C=C\C/C=C\CCCC(=O)OC[C@H](COC(=O)CCC/C=C\C/C=C\C/C=C\CCCCCCCC)OC(=O)CCCCCCCCCCCCC/C=C\CCCCCCCC. The van der Waals surface area contributed by atoms with Crippen LogP contribution in [0.2, 0.25) is 0 Å². The van der Waals surface area contributed by atoms with E-state index in [4.69, 9.17) is 14.2 Å². The normalized spacial score (nSPS) is 12.8. The van der Waals surface area contributed by atoms with Crippen LogP contribution < -0.4 is 0 Å². The van der Waals surface area contributed by atoms with Gasteiger partial charge >= 0.3 is 17.9 Å². The van der Waals surface area contributed by atoms with Crippen LogP contribution in [0.15, 0.2) is 97.2 Å². The van der Waals surface area contributed by atoms with Gasteiger partial charge in [-0.15, -0.1) is 0 Å². The van der Waals surface area contributed by atoms with Crippen molar-refractivity contribution in [2.75, 3.05) is 13.2 Å². The van der Waals surface area contributed by atoms with Crippen LogP contribution in [0.3, 0.4) is 0 Å². The van der Waals surface area contributed by atoms with Gasteiger partial charge in [0.25, 0.3) is 0 Å². The first kappa shape index (κ1) is 69.3. The van der Waals surface area contributed by atoms with Gasteiger partial charge in [0.1, 0.15) is 13.2 Å². The average molecular weight is 1020 g/mol. The Morgan fingerprint density at radius 3 is 0.849 bits per heavy atom. The molecule has 0 rings (SSSR count). The van der Waals surface area contributed by atoms with Gasteiger partial charge in [-0.2, -0.15) is 0 Å². The Bertz CT molecular complexity index is 1440. The van der Waals surface area contributed by atoms with Crippen LogP contribution >= 0.6 is 0 Å². The van der Waals surface area contributed by atoms with Crippen LogP contribution in [0.4, 0.5) is 0 Å². The van der Waals surface area contributed by atoms with Crippen molar-refractivity contribution >= 4 is 17.9 Å². The molecule has 0 heterocycles. The molecule has 0 aliphatic heterocycles. The molecule has 0 aliphatic carbocycles. The first-order chi connectivity index (χ1) is 36.0. The molecule has 0 amide bonds. The van der Waals surface area contributed by atoms with E-state index in [2.05, 4.69) is 118 Å². The monoisotopic (exact) mass is 1010 g/mol. The van der Waals surface area contributed by atoms with E-state index in [0.29, 0.717) is 19.3 Å². The molecular weight excluding hydrogens is 901 g/mol. The molecule has 0 saturated heterocycles. The van der Waals surface area contributed by atoms with Crippen LogP contribution in [-0.4, -0.2) is 37.2 Å². The lowest BCUT2D eigenvalue weighted by molar-refractivity contribution is -0.167. The van der Waals surface area contributed by atoms with E-state index in [0.717, 1.165) is 64.2 Å². The average Bonchev–Trinajstić information content (AvgIpc) is 3.39. The molecule has 73 heavy (non-hydrogen) atoms. The fourth-order valence-electron chi connectivity index (χ4n) is 8.39. The van der Waals surface area contributed by atoms with E-state index in [1.54, 1.807) is 0 Å². The van der Waals surface area contributed by atoms with E-state index in [1.807, 2.05) is 0 Å². The fourth-order valence-corrected chi connectivity index (χ4v) is 8.39. The number of carbonyl (C=O) groups excluding carboxylic acids is 3. The van der Waals surface area contributed by atoms with E-state index in [-0.39, 0.29) is 44.0 Å². The highest BCUT2D eigenvalue weighted by Gasteiger charge is 2.19. The lowest BCUT2D eigenvalue weighted by Gasteiger charge is -2.18. The van der Waals surface area contributed by atoms with Gasteiger partial charge in [0, 0.05) is 19.3 Å². The highest BCUT2D eigenvalue weighted by molar-refractivity contribution is 5.71. The molecule has 6 heteroatoms. The first-order valence-electron chi connectivity index (χ1n) is 30.7. The number of hydrogen-bond donors (Lipinski definition) is 0. The minimum atomic E-state index is -0.822. The maximum absolute atomic E-state index is 12.9. The number of ether oxygens (including phenoxy) is 3. The van der Waals surface area contributed by atoms with Crippen LogP contribution in [0.5, 0.6) is 0 Å². The first-order valence-corrected chi connectivity index (χ1v) is 30.7. The summed E-state index contributed by atoms with van der Waals surface area (Å²) in [5.74, 6) is -1.02. The molecule has 0 bridgehead atoms. The van der Waals surface area contributed by atoms with Crippen LogP contribution in [-0.2, 0) is 28.6 Å². The standard InChI is InChI=1S/C67H114O6/c1-4-7-10-13-16-19-22-25-28-31-32-33-34-37-40-43-46-49-52-55-58-61-67(70)73-64(62-71-65(68)59-56-53-50-47-44-41-38-35-29-26-23-20-17-14-11-8-5-2)63-72-66(69)60-57-54-51-48-45-42-39-36-30-27-24-21-18-15-12-9-6-3/h17,20,25-30,38-39,41-42,47-48,50-51,64H,4-16,18-19,21-24,31-37,40,43-46,49,52-63H2,1-3H3/b20-17-,28-25-,29-26-,30-27-,41-38-,42-39-,50-47-,51-48-/t64-/m1/s1. The zero-order valence-electron chi connectivity index (χ0n) is 47.9. The van der Waals surface area contributed by atoms with E-state index >= 15 is 0 Å². The molecule has 0 N–H and O–H groups in total. The van der Waals surface area contributed by atoms with Crippen molar-refractivity contribution in [3.63, 3.8) is 0 Å². The van der Waals surface area contributed by atoms with Gasteiger partial charge in [-0.3, -0.25) is 14.4 Å². The molecule has 418 valence electrons. The Morgan fingerprint density at radius 2 is 0.507 bits per heavy atom. The van der Waals surface area contributed by atoms with E-state index in [1.165, 1.54) is 173 Å². The summed E-state index contributed by atoms with van der Waals surface area (Å²) >= 11 is 0. The molecule has 0 radical (unpaired) electrons. The molecule has 0 aliphatic rings. The molecular formula is C67H114O6. The molecule has 6 nitrogen and oxygen atoms in total. The van der Waals surface area contributed by atoms with Crippen molar-refractivity contribution in [1.29, 1.82) is 0 Å². The quantitative estimate of drug-likeness (QED) is 0.0261. The lowest BCUT2D eigenvalue weighted by atomic mass is 10.0. The second-order valence-corrected chi connectivity index (χ2v) is 20.2. The summed E-state index contributed by atoms with van der Waals surface area (Å²) in [4.78, 5) is 38.2. The Hall–Kier alpha value is -3.67. The maximum atomic E-state index is 12.9. The van der Waals surface area contributed by atoms with E-state index < -0.39 is 6.10 Å². The predicted octanol–water partition coefficient (Wildman–Crippen LogP) is 20.9. The summed E-state index contributed by atoms with van der Waals surface area (Å²) in [7, 11) is 0. The molecule has 1 atom stereocenters. The highest BCUT2D eigenvalue weighted by Crippen LogP contribution is 2.15. The summed E-state index contributed by atoms with van der Waals surface area (Å²) in [5.41, 5.74) is 0. The van der Waals surface area contributed by atoms with Crippen molar-refractivity contribution in [2.24, 2.45) is 0 Å². The second-order valence-electron chi connectivity index (χ2n) is 20.2. The van der Waals surface area contributed by atoms with Crippen LogP contribution in [0.25, 0.3) is 0 Å². The largest absolute Gasteiger partial charge is 0.462 e. The molecule has 0 aromatic rings. The maximum Gasteiger partial charge on any atom is 0.306 e. The third-order valence-electron chi connectivity index (χ3n) is 13.0. The Morgan fingerprint density at radius 1 is 0.274 bits per heavy atom. The molecule has 0 spiro atoms. The summed E-state index contributed by atoms with van der Waals surface area (Å²) in [5, 5.41) is 0. The number of allylic oxidation sites excluding steroid dienone is 16.